The van der Waals surface area contributed by atoms with Crippen LogP contribution in [0.2, 0.25) is 0 Å². The largest absolute Gasteiger partial charge is 0.459 e. The van der Waals surface area contributed by atoms with Gasteiger partial charge < -0.3 is 0 Å². The summed E-state index contributed by atoms with van der Waals surface area (Å²) in [6.07, 6.45) is -33.2. The Labute approximate surface area is 125 Å². The molecule has 0 aromatic rings. The van der Waals surface area contributed by atoms with Crippen molar-refractivity contribution in [1.29, 1.82) is 0 Å². The van der Waals surface area contributed by atoms with Crippen LogP contribution in [0.15, 0.2) is 4.99 Å². The number of hydrogen-bond donors (Lipinski definition) is 0. The first-order valence-corrected chi connectivity index (χ1v) is 4.99. The maximum atomic E-state index is 13.8. The molecule has 0 spiro atoms. The van der Waals surface area contributed by atoms with E-state index in [1.165, 1.54) is 0 Å². The van der Waals surface area contributed by atoms with Gasteiger partial charge in [-0.1, -0.05) is 0 Å². The average Bonchev–Trinajstić information content (AvgIpc) is 2.20. The van der Waals surface area contributed by atoms with Crippen LogP contribution in [0.5, 0.6) is 0 Å². The summed E-state index contributed by atoms with van der Waals surface area (Å²) in [5.41, 5.74) is -8.41. The Bertz CT molecular complexity index is 508. The number of rotatable bonds is 3. The first-order chi connectivity index (χ1) is 10.6. The minimum absolute atomic E-state index is 0.364. The van der Waals surface area contributed by atoms with E-state index in [1.807, 2.05) is 0 Å². The Morgan fingerprint density at radius 3 is 0.960 bits per heavy atom. The molecule has 148 valence electrons. The lowest BCUT2D eigenvalue weighted by Crippen LogP contribution is -2.76. The van der Waals surface area contributed by atoms with Crippen LogP contribution in [0, 0.1) is 5.41 Å². The van der Waals surface area contributed by atoms with Crippen LogP contribution in [0.1, 0.15) is 0 Å². The highest BCUT2D eigenvalue weighted by Gasteiger charge is 2.99. The quantitative estimate of drug-likeness (QED) is 0.283. The normalized spacial score (nSPS) is 17.7. The molecule has 17 heteroatoms. The molecule has 0 saturated heterocycles. The average molecular weight is 411 g/mol. The second-order valence-electron chi connectivity index (χ2n) is 4.14. The van der Waals surface area contributed by atoms with Crippen LogP contribution in [0.4, 0.5) is 65.9 Å². The Morgan fingerprint density at radius 2 is 0.800 bits per heavy atom. The zero-order valence-corrected chi connectivity index (χ0v) is 10.5. The van der Waals surface area contributed by atoms with E-state index in [2.05, 4.69) is 0 Å². The molecule has 0 bridgehead atoms. The van der Waals surface area contributed by atoms with Crippen LogP contribution in [-0.2, 0) is 4.79 Å². The highest BCUT2D eigenvalue weighted by Crippen LogP contribution is 2.70. The fourth-order valence-electron chi connectivity index (χ4n) is 1.69. The maximum absolute atomic E-state index is 13.8. The van der Waals surface area contributed by atoms with Crippen molar-refractivity contribution in [1.82, 2.24) is 0 Å². The first-order valence-electron chi connectivity index (χ1n) is 4.99. The molecule has 0 aliphatic heterocycles. The van der Waals surface area contributed by atoms with Crippen LogP contribution in [-0.4, -0.2) is 42.5 Å². The van der Waals surface area contributed by atoms with Crippen molar-refractivity contribution in [3.05, 3.63) is 0 Å². The number of carbonyl (C=O) groups excluding carboxylic acids is 1. The second-order valence-corrected chi connectivity index (χ2v) is 4.14. The number of aliphatic imine (C=N–C) groups is 1. The van der Waals surface area contributed by atoms with E-state index in [9.17, 15) is 70.7 Å². The fourth-order valence-corrected chi connectivity index (χ4v) is 1.69. The summed E-state index contributed by atoms with van der Waals surface area (Å²) in [7, 11) is 0. The highest BCUT2D eigenvalue weighted by molar-refractivity contribution is 5.37. The van der Waals surface area contributed by atoms with E-state index in [-0.39, 0.29) is 0 Å². The van der Waals surface area contributed by atoms with E-state index < -0.39 is 47.9 Å². The van der Waals surface area contributed by atoms with Gasteiger partial charge in [0.25, 0.3) is 0 Å². The number of halogens is 15. The predicted molar refractivity (Wildman–Crippen MR) is 43.6 cm³/mol. The summed E-state index contributed by atoms with van der Waals surface area (Å²) < 4.78 is 189. The molecule has 0 N–H and O–H groups in total. The third kappa shape index (κ3) is 2.91. The smallest absolute Gasteiger partial charge is 0.211 e. The van der Waals surface area contributed by atoms with Crippen molar-refractivity contribution in [2.24, 2.45) is 10.4 Å². The molecule has 0 aromatic carbocycles. The van der Waals surface area contributed by atoms with Gasteiger partial charge in [-0.05, 0) is 0 Å². The number of isocyanates is 1. The molecule has 0 rings (SSSR count). The Balaban J connectivity index is 7.62. The molecule has 0 saturated carbocycles. The zero-order chi connectivity index (χ0) is 20.9. The summed E-state index contributed by atoms with van der Waals surface area (Å²) in [6.45, 7) is 0. The first kappa shape index (κ1) is 23.3. The summed E-state index contributed by atoms with van der Waals surface area (Å²) in [4.78, 5) is 10.1. The number of alkyl halides is 15. The van der Waals surface area contributed by atoms with Gasteiger partial charge in [-0.3, -0.25) is 0 Å². The van der Waals surface area contributed by atoms with Gasteiger partial charge in [0, 0.05) is 0 Å². The van der Waals surface area contributed by atoms with Crippen molar-refractivity contribution in [3.8, 4) is 0 Å². The van der Waals surface area contributed by atoms with Crippen LogP contribution in [0.3, 0.4) is 0 Å². The Kier molecular flexibility index (Phi) is 5.29. The van der Waals surface area contributed by atoms with E-state index >= 15 is 0 Å². The molecule has 1 unspecified atom stereocenters. The molecule has 2 nitrogen and oxygen atoms in total. The minimum atomic E-state index is -8.41. The molecule has 0 amide bonds. The molecule has 0 aliphatic carbocycles. The standard InChI is InChI=1S/C8F15NO/c9-3(10,8(21,22)23)4(11,24-1-25)2(5(12,13)14,6(15,16)17)7(18,19)20. The van der Waals surface area contributed by atoms with Crippen LogP contribution >= 0.6 is 0 Å². The van der Waals surface area contributed by atoms with Crippen molar-refractivity contribution in [3.63, 3.8) is 0 Å². The summed E-state index contributed by atoms with van der Waals surface area (Å²) >= 11 is 0. The monoisotopic (exact) mass is 411 g/mol. The van der Waals surface area contributed by atoms with E-state index in [0.29, 0.717) is 4.99 Å². The molecule has 25 heavy (non-hydrogen) atoms. The summed E-state index contributed by atoms with van der Waals surface area (Å²) in [6, 6.07) is 0. The minimum Gasteiger partial charge on any atom is -0.211 e. The van der Waals surface area contributed by atoms with Crippen molar-refractivity contribution in [2.45, 2.75) is 36.4 Å². The van der Waals surface area contributed by atoms with Gasteiger partial charge in [-0.2, -0.15) is 66.5 Å². The molecular weight excluding hydrogens is 411 g/mol. The van der Waals surface area contributed by atoms with Crippen LogP contribution in [0.25, 0.3) is 0 Å². The Hall–Kier alpha value is -1.67. The third-order valence-electron chi connectivity index (χ3n) is 2.74. The van der Waals surface area contributed by atoms with Crippen LogP contribution < -0.4 is 0 Å². The van der Waals surface area contributed by atoms with Gasteiger partial charge in [0.05, 0.1) is 0 Å². The summed E-state index contributed by atoms with van der Waals surface area (Å²) in [5.74, 6) is -16.0. The lowest BCUT2D eigenvalue weighted by atomic mass is 9.72. The van der Waals surface area contributed by atoms with Gasteiger partial charge in [0.1, 0.15) is 0 Å². The lowest BCUT2D eigenvalue weighted by Gasteiger charge is -2.46. The maximum Gasteiger partial charge on any atom is 0.459 e. The van der Waals surface area contributed by atoms with E-state index in [0.717, 1.165) is 0 Å². The fraction of sp³-hybridized carbons (Fsp3) is 0.875. The van der Waals surface area contributed by atoms with Gasteiger partial charge >= 0.3 is 41.8 Å². The Morgan fingerprint density at radius 1 is 0.520 bits per heavy atom. The second kappa shape index (κ2) is 5.67. The summed E-state index contributed by atoms with van der Waals surface area (Å²) in [5, 5.41) is 0. The SMILES string of the molecule is O=C=NC(F)(C(F)(F)C(F)(F)F)C(C(F)(F)F)(C(F)(F)F)C(F)(F)F. The predicted octanol–water partition coefficient (Wildman–Crippen LogP) is 4.86. The molecule has 0 aliphatic rings. The molecule has 0 fully saturated rings. The van der Waals surface area contributed by atoms with Crippen molar-refractivity contribution >= 4 is 6.08 Å². The van der Waals surface area contributed by atoms with Crippen molar-refractivity contribution in [2.75, 3.05) is 0 Å². The number of nitrogens with zero attached hydrogens (tertiary/aromatic N) is 1. The zero-order valence-electron chi connectivity index (χ0n) is 10.5. The molecule has 0 radical (unpaired) electrons. The third-order valence-corrected chi connectivity index (χ3v) is 2.74. The molecular formula is C8F15NO. The van der Waals surface area contributed by atoms with Crippen molar-refractivity contribution < 1.29 is 70.7 Å². The molecule has 1 atom stereocenters. The lowest BCUT2D eigenvalue weighted by molar-refractivity contribution is -0.489. The topological polar surface area (TPSA) is 29.4 Å². The van der Waals surface area contributed by atoms with E-state index in [4.69, 9.17) is 0 Å². The molecule has 0 heterocycles. The van der Waals surface area contributed by atoms with Gasteiger partial charge in [0.15, 0.2) is 0 Å². The van der Waals surface area contributed by atoms with Gasteiger partial charge in [-0.25, -0.2) is 9.18 Å². The highest BCUT2D eigenvalue weighted by atomic mass is 19.4. The number of hydrogen-bond acceptors (Lipinski definition) is 2. The van der Waals surface area contributed by atoms with Gasteiger partial charge in [0.2, 0.25) is 6.08 Å². The molecule has 0 aromatic heterocycles. The van der Waals surface area contributed by atoms with Gasteiger partial charge in [-0.15, -0.1) is 0 Å². The van der Waals surface area contributed by atoms with E-state index in [1.54, 1.807) is 0 Å².